The highest BCUT2D eigenvalue weighted by Crippen LogP contribution is 2.30. The first-order valence-corrected chi connectivity index (χ1v) is 7.85. The molecule has 3 rings (SSSR count). The first-order valence-electron chi connectivity index (χ1n) is 7.47. The maximum absolute atomic E-state index is 13.9. The smallest absolute Gasteiger partial charge is 0.129 e. The molecule has 0 fully saturated rings. The summed E-state index contributed by atoms with van der Waals surface area (Å²) < 4.78 is 16.0. The molecule has 1 heterocycles. The van der Waals surface area contributed by atoms with Gasteiger partial charge >= 0.3 is 0 Å². The normalized spacial score (nSPS) is 18.3. The molecule has 112 valence electrons. The molecule has 0 aliphatic heterocycles. The molecule has 2 nitrogen and oxygen atoms in total. The number of hydrogen-bond donors (Lipinski definition) is 1. The van der Waals surface area contributed by atoms with Crippen LogP contribution in [0.15, 0.2) is 30.6 Å². The van der Waals surface area contributed by atoms with Crippen molar-refractivity contribution in [2.45, 2.75) is 38.3 Å². The summed E-state index contributed by atoms with van der Waals surface area (Å²) in [5.74, 6) is -0.239. The number of halogens is 2. The van der Waals surface area contributed by atoms with Crippen molar-refractivity contribution in [3.05, 3.63) is 58.1 Å². The molecule has 1 aliphatic rings. The minimum absolute atomic E-state index is 0.239. The lowest BCUT2D eigenvalue weighted by atomic mass is 10.1. The van der Waals surface area contributed by atoms with E-state index in [1.807, 2.05) is 7.05 Å². The van der Waals surface area contributed by atoms with Crippen molar-refractivity contribution in [2.24, 2.45) is 0 Å². The molecule has 4 heteroatoms. The van der Waals surface area contributed by atoms with Gasteiger partial charge in [0.25, 0.3) is 0 Å². The molecule has 1 aromatic heterocycles. The highest BCUT2D eigenvalue weighted by Gasteiger charge is 2.19. The molecule has 1 unspecified atom stereocenters. The van der Waals surface area contributed by atoms with Gasteiger partial charge in [-0.25, -0.2) is 4.39 Å². The van der Waals surface area contributed by atoms with Gasteiger partial charge < -0.3 is 9.88 Å². The molecular weight excluding hydrogens is 287 g/mol. The molecule has 1 aromatic carbocycles. The van der Waals surface area contributed by atoms with Crippen molar-refractivity contribution in [2.75, 3.05) is 7.05 Å². The summed E-state index contributed by atoms with van der Waals surface area (Å²) in [4.78, 5) is 0. The Morgan fingerprint density at radius 3 is 2.95 bits per heavy atom. The molecule has 0 amide bonds. The third-order valence-electron chi connectivity index (χ3n) is 4.31. The van der Waals surface area contributed by atoms with E-state index in [0.29, 0.717) is 23.2 Å². The van der Waals surface area contributed by atoms with Crippen LogP contribution in [0.3, 0.4) is 0 Å². The van der Waals surface area contributed by atoms with Gasteiger partial charge in [-0.05, 0) is 49.6 Å². The van der Waals surface area contributed by atoms with Crippen LogP contribution in [0.2, 0.25) is 5.02 Å². The average molecular weight is 307 g/mol. The molecule has 0 saturated carbocycles. The van der Waals surface area contributed by atoms with Crippen LogP contribution < -0.4 is 5.32 Å². The van der Waals surface area contributed by atoms with Gasteiger partial charge in [0.2, 0.25) is 0 Å². The Hall–Kier alpha value is -1.32. The van der Waals surface area contributed by atoms with E-state index in [4.69, 9.17) is 11.6 Å². The highest BCUT2D eigenvalue weighted by molar-refractivity contribution is 6.31. The van der Waals surface area contributed by atoms with E-state index in [2.05, 4.69) is 22.3 Å². The number of aryl methyl sites for hydroxylation is 1. The van der Waals surface area contributed by atoms with E-state index in [1.165, 1.54) is 30.0 Å². The second kappa shape index (κ2) is 6.20. The fraction of sp³-hybridized carbons (Fsp3) is 0.412. The SMILES string of the molecule is CNC1CCCCc2cn(Cc3c(F)cccc3Cl)cc21. The molecule has 1 aliphatic carbocycles. The number of nitrogens with one attached hydrogen (secondary N) is 1. The Morgan fingerprint density at radius 2 is 2.19 bits per heavy atom. The third-order valence-corrected chi connectivity index (χ3v) is 4.67. The van der Waals surface area contributed by atoms with Crippen molar-refractivity contribution >= 4 is 11.6 Å². The van der Waals surface area contributed by atoms with Crippen LogP contribution in [-0.4, -0.2) is 11.6 Å². The lowest BCUT2D eigenvalue weighted by Gasteiger charge is -2.13. The van der Waals surface area contributed by atoms with Gasteiger partial charge in [0, 0.05) is 29.0 Å². The summed E-state index contributed by atoms with van der Waals surface area (Å²) >= 11 is 6.12. The first-order chi connectivity index (χ1) is 10.2. The third kappa shape index (κ3) is 2.99. The number of hydrogen-bond acceptors (Lipinski definition) is 1. The monoisotopic (exact) mass is 306 g/mol. The summed E-state index contributed by atoms with van der Waals surface area (Å²) in [7, 11) is 2.00. The predicted molar refractivity (Wildman–Crippen MR) is 84.3 cm³/mol. The van der Waals surface area contributed by atoms with Crippen LogP contribution >= 0.6 is 11.6 Å². The van der Waals surface area contributed by atoms with Crippen LogP contribution in [0, 0.1) is 5.82 Å². The Kier molecular flexibility index (Phi) is 4.32. The molecule has 0 saturated heterocycles. The minimum Gasteiger partial charge on any atom is -0.349 e. The first kappa shape index (κ1) is 14.6. The molecule has 0 spiro atoms. The zero-order chi connectivity index (χ0) is 14.8. The Balaban J connectivity index is 1.91. The zero-order valence-corrected chi connectivity index (χ0v) is 13.0. The quantitative estimate of drug-likeness (QED) is 0.836. The summed E-state index contributed by atoms with van der Waals surface area (Å²) in [6, 6.07) is 5.25. The Morgan fingerprint density at radius 1 is 1.33 bits per heavy atom. The van der Waals surface area contributed by atoms with Crippen molar-refractivity contribution < 1.29 is 4.39 Å². The standard InChI is InChI=1S/C17H20ClFN2/c1-20-17-8-3-2-5-12-9-21(10-13(12)17)11-14-15(18)6-4-7-16(14)19/h4,6-7,9-10,17,20H,2-3,5,8,11H2,1H3. The van der Waals surface area contributed by atoms with E-state index >= 15 is 0 Å². The molecular formula is C17H20ClFN2. The Labute approximate surface area is 129 Å². The molecule has 21 heavy (non-hydrogen) atoms. The molecule has 1 N–H and O–H groups in total. The largest absolute Gasteiger partial charge is 0.349 e. The molecule has 0 radical (unpaired) electrons. The second-order valence-electron chi connectivity index (χ2n) is 5.70. The van der Waals surface area contributed by atoms with Gasteiger partial charge in [-0.1, -0.05) is 24.1 Å². The number of aromatic nitrogens is 1. The highest BCUT2D eigenvalue weighted by atomic mass is 35.5. The number of nitrogens with zero attached hydrogens (tertiary/aromatic N) is 1. The fourth-order valence-corrected chi connectivity index (χ4v) is 3.40. The number of benzene rings is 1. The summed E-state index contributed by atoms with van der Waals surface area (Å²) in [6.07, 6.45) is 9.02. The van der Waals surface area contributed by atoms with E-state index < -0.39 is 0 Å². The van der Waals surface area contributed by atoms with Crippen LogP contribution in [0.1, 0.15) is 42.0 Å². The van der Waals surface area contributed by atoms with Gasteiger partial charge in [0.1, 0.15) is 5.82 Å². The van der Waals surface area contributed by atoms with Gasteiger partial charge in [-0.3, -0.25) is 0 Å². The average Bonchev–Trinajstić information content (AvgIpc) is 2.77. The minimum atomic E-state index is -0.239. The topological polar surface area (TPSA) is 17.0 Å². The molecule has 2 aromatic rings. The van der Waals surface area contributed by atoms with Gasteiger partial charge in [-0.15, -0.1) is 0 Å². The van der Waals surface area contributed by atoms with Crippen LogP contribution in [-0.2, 0) is 13.0 Å². The summed E-state index contributed by atoms with van der Waals surface area (Å²) in [6.45, 7) is 0.481. The second-order valence-corrected chi connectivity index (χ2v) is 6.11. The van der Waals surface area contributed by atoms with Gasteiger partial charge in [0.15, 0.2) is 0 Å². The summed E-state index contributed by atoms with van der Waals surface area (Å²) in [5.41, 5.74) is 3.28. The summed E-state index contributed by atoms with van der Waals surface area (Å²) in [5, 5.41) is 3.88. The molecule has 0 bridgehead atoms. The van der Waals surface area contributed by atoms with Crippen molar-refractivity contribution in [1.29, 1.82) is 0 Å². The van der Waals surface area contributed by atoms with E-state index in [9.17, 15) is 4.39 Å². The van der Waals surface area contributed by atoms with E-state index in [-0.39, 0.29) is 5.82 Å². The van der Waals surface area contributed by atoms with Gasteiger partial charge in [-0.2, -0.15) is 0 Å². The Bertz CT molecular complexity index is 615. The van der Waals surface area contributed by atoms with Crippen LogP contribution in [0.5, 0.6) is 0 Å². The zero-order valence-electron chi connectivity index (χ0n) is 12.2. The number of rotatable bonds is 3. The predicted octanol–water partition coefficient (Wildman–Crippen LogP) is 4.32. The maximum Gasteiger partial charge on any atom is 0.129 e. The lowest BCUT2D eigenvalue weighted by molar-refractivity contribution is 0.530. The van der Waals surface area contributed by atoms with Gasteiger partial charge in [0.05, 0.1) is 6.54 Å². The van der Waals surface area contributed by atoms with Crippen molar-refractivity contribution in [3.63, 3.8) is 0 Å². The van der Waals surface area contributed by atoms with Crippen LogP contribution in [0.4, 0.5) is 4.39 Å². The fourth-order valence-electron chi connectivity index (χ4n) is 3.17. The maximum atomic E-state index is 13.9. The van der Waals surface area contributed by atoms with E-state index in [0.717, 1.165) is 12.8 Å². The molecule has 1 atom stereocenters. The van der Waals surface area contributed by atoms with E-state index in [1.54, 1.807) is 12.1 Å². The number of fused-ring (bicyclic) bond motifs is 1. The lowest BCUT2D eigenvalue weighted by Crippen LogP contribution is -2.15. The van der Waals surface area contributed by atoms with Crippen molar-refractivity contribution in [3.8, 4) is 0 Å². The van der Waals surface area contributed by atoms with Crippen molar-refractivity contribution in [1.82, 2.24) is 9.88 Å². The van der Waals surface area contributed by atoms with Crippen LogP contribution in [0.25, 0.3) is 0 Å².